The van der Waals surface area contributed by atoms with Crippen molar-refractivity contribution in [2.24, 2.45) is 22.7 Å². The van der Waals surface area contributed by atoms with Crippen LogP contribution >= 0.6 is 22.6 Å². The number of alkyl halides is 1. The highest BCUT2D eigenvalue weighted by atomic mass is 127. The van der Waals surface area contributed by atoms with Gasteiger partial charge in [0.15, 0.2) is 0 Å². The zero-order valence-corrected chi connectivity index (χ0v) is 14.9. The minimum absolute atomic E-state index is 0.0160. The Morgan fingerprint density at radius 2 is 1.85 bits per heavy atom. The molecule has 1 N–H and O–H groups in total. The molecule has 4 aliphatic carbocycles. The Morgan fingerprint density at radius 1 is 1.15 bits per heavy atom. The molecule has 114 valence electrons. The highest BCUT2D eigenvalue weighted by Crippen LogP contribution is 2.65. The molecule has 3 heteroatoms. The molecule has 4 rings (SSSR count). The third-order valence-electron chi connectivity index (χ3n) is 5.93. The fraction of sp³-hybridized carbons (Fsp3) is 0.941. The van der Waals surface area contributed by atoms with Gasteiger partial charge in [-0.1, -0.05) is 35.9 Å². The van der Waals surface area contributed by atoms with E-state index in [1.54, 1.807) is 0 Å². The molecule has 0 radical (unpaired) electrons. The summed E-state index contributed by atoms with van der Waals surface area (Å²) in [5, 5.41) is 3.27. The molecule has 4 saturated carbocycles. The molecule has 4 bridgehead atoms. The van der Waals surface area contributed by atoms with E-state index in [9.17, 15) is 4.79 Å². The largest absolute Gasteiger partial charge is 0.356 e. The molecule has 0 aliphatic heterocycles. The normalized spacial score (nSPS) is 41.9. The summed E-state index contributed by atoms with van der Waals surface area (Å²) in [6.07, 6.45) is 11.4. The standard InChI is InChI=1S/C17H28INO/c1-16-8-13-7-14(9-16)11-17(10-13,12-16)15(20)19-6-4-2-3-5-18/h13-14H,2-12H2,1H3,(H,19,20). The zero-order chi connectivity index (χ0) is 14.2. The third kappa shape index (κ3) is 2.89. The van der Waals surface area contributed by atoms with Gasteiger partial charge >= 0.3 is 0 Å². The van der Waals surface area contributed by atoms with E-state index in [4.69, 9.17) is 0 Å². The minimum Gasteiger partial charge on any atom is -0.356 e. The van der Waals surface area contributed by atoms with Gasteiger partial charge in [-0.05, 0) is 73.0 Å². The highest BCUT2D eigenvalue weighted by Gasteiger charge is 2.58. The van der Waals surface area contributed by atoms with Crippen molar-refractivity contribution in [3.8, 4) is 0 Å². The van der Waals surface area contributed by atoms with E-state index in [1.807, 2.05) is 0 Å². The Balaban J connectivity index is 1.57. The van der Waals surface area contributed by atoms with Crippen LogP contribution in [0.25, 0.3) is 0 Å². The molecule has 4 fully saturated rings. The Morgan fingerprint density at radius 3 is 2.45 bits per heavy atom. The number of unbranched alkanes of at least 4 members (excludes halogenated alkanes) is 2. The summed E-state index contributed by atoms with van der Waals surface area (Å²) in [5.41, 5.74) is 0.491. The summed E-state index contributed by atoms with van der Waals surface area (Å²) in [4.78, 5) is 12.8. The van der Waals surface area contributed by atoms with Crippen molar-refractivity contribution in [2.45, 2.75) is 64.7 Å². The third-order valence-corrected chi connectivity index (χ3v) is 6.69. The molecule has 2 nitrogen and oxygen atoms in total. The Hall–Kier alpha value is 0.200. The number of carbonyl (C=O) groups excluding carboxylic acids is 1. The predicted octanol–water partition coefficient (Wildman–Crippen LogP) is 4.31. The molecule has 0 aromatic heterocycles. The van der Waals surface area contributed by atoms with Gasteiger partial charge < -0.3 is 5.32 Å². The fourth-order valence-electron chi connectivity index (χ4n) is 5.77. The number of rotatable bonds is 6. The predicted molar refractivity (Wildman–Crippen MR) is 91.0 cm³/mol. The van der Waals surface area contributed by atoms with Crippen molar-refractivity contribution >= 4 is 28.5 Å². The van der Waals surface area contributed by atoms with Crippen molar-refractivity contribution in [1.82, 2.24) is 5.32 Å². The van der Waals surface area contributed by atoms with Crippen molar-refractivity contribution in [2.75, 3.05) is 11.0 Å². The molecular formula is C17H28INO. The first-order chi connectivity index (χ1) is 9.55. The summed E-state index contributed by atoms with van der Waals surface area (Å²) in [6.45, 7) is 3.33. The Kier molecular flexibility index (Phi) is 4.36. The molecule has 0 aromatic carbocycles. The first-order valence-corrected chi connectivity index (χ1v) is 9.92. The van der Waals surface area contributed by atoms with Crippen LogP contribution in [-0.4, -0.2) is 16.9 Å². The molecule has 1 amide bonds. The van der Waals surface area contributed by atoms with Crippen molar-refractivity contribution in [3.63, 3.8) is 0 Å². The van der Waals surface area contributed by atoms with Gasteiger partial charge in [0.1, 0.15) is 0 Å². The SMILES string of the molecule is CC12CC3CC(C1)CC(C(=O)NCCCCCI)(C3)C2. The Labute approximate surface area is 137 Å². The van der Waals surface area contributed by atoms with Gasteiger partial charge in [-0.25, -0.2) is 0 Å². The van der Waals surface area contributed by atoms with Crippen LogP contribution in [0, 0.1) is 22.7 Å². The second-order valence-corrected chi connectivity index (χ2v) is 9.14. The average molecular weight is 389 g/mol. The van der Waals surface area contributed by atoms with Crippen LogP contribution in [0.4, 0.5) is 0 Å². The van der Waals surface area contributed by atoms with Crippen LogP contribution in [0.5, 0.6) is 0 Å². The lowest BCUT2D eigenvalue weighted by Crippen LogP contribution is -2.56. The number of carbonyl (C=O) groups is 1. The van der Waals surface area contributed by atoms with E-state index in [0.29, 0.717) is 11.3 Å². The molecule has 2 atom stereocenters. The van der Waals surface area contributed by atoms with Gasteiger partial charge in [-0.3, -0.25) is 4.79 Å². The molecule has 2 unspecified atom stereocenters. The maximum Gasteiger partial charge on any atom is 0.226 e. The minimum atomic E-state index is 0.0160. The van der Waals surface area contributed by atoms with Crippen molar-refractivity contribution in [3.05, 3.63) is 0 Å². The van der Waals surface area contributed by atoms with E-state index in [2.05, 4.69) is 34.8 Å². The van der Waals surface area contributed by atoms with Crippen LogP contribution in [0.2, 0.25) is 0 Å². The quantitative estimate of drug-likeness (QED) is 0.409. The zero-order valence-electron chi connectivity index (χ0n) is 12.7. The fourth-order valence-corrected chi connectivity index (χ4v) is 6.31. The number of hydrogen-bond acceptors (Lipinski definition) is 1. The van der Waals surface area contributed by atoms with Crippen LogP contribution < -0.4 is 5.32 Å². The molecule has 20 heavy (non-hydrogen) atoms. The van der Waals surface area contributed by atoms with E-state index in [1.165, 1.54) is 49.4 Å². The second kappa shape index (κ2) is 5.77. The van der Waals surface area contributed by atoms with Gasteiger partial charge in [-0.2, -0.15) is 0 Å². The molecule has 4 aliphatic rings. The van der Waals surface area contributed by atoms with Gasteiger partial charge in [0, 0.05) is 6.54 Å². The molecule has 0 heterocycles. The maximum absolute atomic E-state index is 12.8. The van der Waals surface area contributed by atoms with E-state index in [0.717, 1.165) is 31.2 Å². The number of nitrogens with one attached hydrogen (secondary N) is 1. The van der Waals surface area contributed by atoms with Gasteiger partial charge in [0.05, 0.1) is 5.41 Å². The topological polar surface area (TPSA) is 29.1 Å². The average Bonchev–Trinajstić information content (AvgIpc) is 2.35. The molecule has 0 spiro atoms. The lowest BCUT2D eigenvalue weighted by Gasteiger charge is -2.60. The lowest BCUT2D eigenvalue weighted by molar-refractivity contribution is -0.155. The molecule has 0 aromatic rings. The monoisotopic (exact) mass is 389 g/mol. The summed E-state index contributed by atoms with van der Waals surface area (Å²) in [7, 11) is 0. The number of hydrogen-bond donors (Lipinski definition) is 1. The smallest absolute Gasteiger partial charge is 0.226 e. The maximum atomic E-state index is 12.8. The first kappa shape index (κ1) is 15.1. The summed E-state index contributed by atoms with van der Waals surface area (Å²) in [5.74, 6) is 2.07. The second-order valence-electron chi connectivity index (χ2n) is 8.06. The van der Waals surface area contributed by atoms with E-state index in [-0.39, 0.29) is 5.41 Å². The van der Waals surface area contributed by atoms with Gasteiger partial charge in [-0.15, -0.1) is 0 Å². The van der Waals surface area contributed by atoms with Gasteiger partial charge in [0.2, 0.25) is 5.91 Å². The van der Waals surface area contributed by atoms with Crippen molar-refractivity contribution in [1.29, 1.82) is 0 Å². The van der Waals surface area contributed by atoms with Crippen LogP contribution in [0.3, 0.4) is 0 Å². The summed E-state index contributed by atoms with van der Waals surface area (Å²) in [6, 6.07) is 0. The van der Waals surface area contributed by atoms with Crippen LogP contribution in [-0.2, 0) is 4.79 Å². The van der Waals surface area contributed by atoms with Crippen LogP contribution in [0.1, 0.15) is 64.7 Å². The van der Waals surface area contributed by atoms with E-state index >= 15 is 0 Å². The van der Waals surface area contributed by atoms with Gasteiger partial charge in [0.25, 0.3) is 0 Å². The Bertz CT molecular complexity index is 367. The van der Waals surface area contributed by atoms with Crippen molar-refractivity contribution < 1.29 is 4.79 Å². The lowest BCUT2D eigenvalue weighted by atomic mass is 9.44. The molecular weight excluding hydrogens is 361 g/mol. The summed E-state index contributed by atoms with van der Waals surface area (Å²) < 4.78 is 1.23. The summed E-state index contributed by atoms with van der Waals surface area (Å²) >= 11 is 2.43. The first-order valence-electron chi connectivity index (χ1n) is 8.40. The number of halogens is 1. The molecule has 0 saturated heterocycles. The van der Waals surface area contributed by atoms with E-state index < -0.39 is 0 Å². The number of amides is 1. The van der Waals surface area contributed by atoms with Crippen LogP contribution in [0.15, 0.2) is 0 Å². The highest BCUT2D eigenvalue weighted by molar-refractivity contribution is 14.1.